The SMILES string of the molecule is Cc1cccc2sc(C3CCC(N)C(C)C3(C)C)nc12. The molecule has 1 aliphatic rings. The molecule has 108 valence electrons. The van der Waals surface area contributed by atoms with Crippen LogP contribution in [0.5, 0.6) is 0 Å². The number of nitrogens with zero attached hydrogens (tertiary/aromatic N) is 1. The first kappa shape index (κ1) is 14.0. The second kappa shape index (κ2) is 4.81. The van der Waals surface area contributed by atoms with Crippen LogP contribution in [0.15, 0.2) is 18.2 Å². The zero-order chi connectivity index (χ0) is 14.5. The largest absolute Gasteiger partial charge is 0.327 e. The molecule has 0 amide bonds. The third kappa shape index (κ3) is 2.08. The fourth-order valence-electron chi connectivity index (χ4n) is 3.54. The van der Waals surface area contributed by atoms with E-state index in [0.717, 1.165) is 12.8 Å². The van der Waals surface area contributed by atoms with Gasteiger partial charge in [0.2, 0.25) is 0 Å². The Hall–Kier alpha value is -0.930. The minimum Gasteiger partial charge on any atom is -0.327 e. The van der Waals surface area contributed by atoms with E-state index in [9.17, 15) is 0 Å². The summed E-state index contributed by atoms with van der Waals surface area (Å²) in [5.74, 6) is 1.07. The first-order chi connectivity index (χ1) is 9.41. The molecule has 2 nitrogen and oxygen atoms in total. The van der Waals surface area contributed by atoms with E-state index in [2.05, 4.69) is 45.9 Å². The highest BCUT2D eigenvalue weighted by Crippen LogP contribution is 2.51. The van der Waals surface area contributed by atoms with Gasteiger partial charge in [-0.25, -0.2) is 4.98 Å². The van der Waals surface area contributed by atoms with Gasteiger partial charge < -0.3 is 5.73 Å². The number of fused-ring (bicyclic) bond motifs is 1. The molecule has 1 aliphatic carbocycles. The molecule has 3 unspecified atom stereocenters. The Bertz CT molecular complexity index is 629. The summed E-state index contributed by atoms with van der Waals surface area (Å²) in [5, 5.41) is 1.30. The number of aryl methyl sites for hydroxylation is 1. The summed E-state index contributed by atoms with van der Waals surface area (Å²) in [5.41, 5.74) is 8.96. The van der Waals surface area contributed by atoms with Crippen LogP contribution in [-0.2, 0) is 0 Å². The number of benzene rings is 1. The van der Waals surface area contributed by atoms with Gasteiger partial charge in [-0.1, -0.05) is 32.9 Å². The van der Waals surface area contributed by atoms with E-state index in [1.807, 2.05) is 11.3 Å². The summed E-state index contributed by atoms with van der Waals surface area (Å²) >= 11 is 1.87. The van der Waals surface area contributed by atoms with Crippen molar-refractivity contribution in [1.29, 1.82) is 0 Å². The Morgan fingerprint density at radius 2 is 2.05 bits per heavy atom. The number of hydrogen-bond acceptors (Lipinski definition) is 3. The molecule has 1 fully saturated rings. The van der Waals surface area contributed by atoms with Crippen molar-refractivity contribution in [1.82, 2.24) is 4.98 Å². The lowest BCUT2D eigenvalue weighted by Crippen LogP contribution is -2.45. The van der Waals surface area contributed by atoms with Crippen LogP contribution < -0.4 is 5.73 Å². The zero-order valence-electron chi connectivity index (χ0n) is 12.8. The molecule has 0 bridgehead atoms. The Kier molecular flexibility index (Phi) is 3.38. The van der Waals surface area contributed by atoms with Crippen molar-refractivity contribution in [3.63, 3.8) is 0 Å². The van der Waals surface area contributed by atoms with Crippen molar-refractivity contribution >= 4 is 21.6 Å². The summed E-state index contributed by atoms with van der Waals surface area (Å²) in [7, 11) is 0. The van der Waals surface area contributed by atoms with E-state index in [0.29, 0.717) is 17.9 Å². The van der Waals surface area contributed by atoms with Gasteiger partial charge in [-0.2, -0.15) is 0 Å². The van der Waals surface area contributed by atoms with Gasteiger partial charge in [-0.15, -0.1) is 11.3 Å². The van der Waals surface area contributed by atoms with Crippen LogP contribution in [-0.4, -0.2) is 11.0 Å². The summed E-state index contributed by atoms with van der Waals surface area (Å²) in [4.78, 5) is 4.97. The lowest BCUT2D eigenvalue weighted by molar-refractivity contribution is 0.0993. The highest BCUT2D eigenvalue weighted by Gasteiger charge is 2.43. The molecule has 1 aromatic carbocycles. The monoisotopic (exact) mass is 288 g/mol. The Labute approximate surface area is 125 Å². The van der Waals surface area contributed by atoms with E-state index in [-0.39, 0.29) is 5.41 Å². The highest BCUT2D eigenvalue weighted by atomic mass is 32.1. The van der Waals surface area contributed by atoms with Crippen molar-refractivity contribution in [2.75, 3.05) is 0 Å². The summed E-state index contributed by atoms with van der Waals surface area (Å²) in [6.45, 7) is 9.17. The molecule has 0 radical (unpaired) electrons. The Morgan fingerprint density at radius 1 is 1.30 bits per heavy atom. The number of aromatic nitrogens is 1. The average Bonchev–Trinajstić information content (AvgIpc) is 2.81. The van der Waals surface area contributed by atoms with Gasteiger partial charge in [0.05, 0.1) is 15.2 Å². The topological polar surface area (TPSA) is 38.9 Å². The fourth-order valence-corrected chi connectivity index (χ4v) is 4.92. The molecule has 2 N–H and O–H groups in total. The minimum absolute atomic E-state index is 0.222. The molecule has 1 heterocycles. The molecule has 3 heteroatoms. The highest BCUT2D eigenvalue weighted by molar-refractivity contribution is 7.18. The Morgan fingerprint density at radius 3 is 2.75 bits per heavy atom. The second-order valence-corrected chi connectivity index (χ2v) is 7.94. The minimum atomic E-state index is 0.222. The molecule has 3 rings (SSSR count). The molecule has 20 heavy (non-hydrogen) atoms. The smallest absolute Gasteiger partial charge is 0.0975 e. The molecule has 2 aromatic rings. The first-order valence-corrected chi connectivity index (χ1v) is 8.34. The summed E-state index contributed by atoms with van der Waals surface area (Å²) in [6, 6.07) is 6.80. The maximum atomic E-state index is 6.28. The van der Waals surface area contributed by atoms with Crippen LogP contribution in [0, 0.1) is 18.3 Å². The van der Waals surface area contributed by atoms with E-state index in [1.54, 1.807) is 0 Å². The fraction of sp³-hybridized carbons (Fsp3) is 0.588. The molecule has 1 saturated carbocycles. The molecular weight excluding hydrogens is 264 g/mol. The predicted octanol–water partition coefficient (Wildman–Crippen LogP) is 4.47. The van der Waals surface area contributed by atoms with Crippen LogP contribution in [0.3, 0.4) is 0 Å². The molecule has 0 saturated heterocycles. The van der Waals surface area contributed by atoms with Crippen molar-refractivity contribution in [2.45, 2.75) is 52.5 Å². The summed E-state index contributed by atoms with van der Waals surface area (Å²) < 4.78 is 1.32. The maximum Gasteiger partial charge on any atom is 0.0975 e. The van der Waals surface area contributed by atoms with Crippen molar-refractivity contribution < 1.29 is 0 Å². The molecule has 0 spiro atoms. The number of para-hydroxylation sites is 1. The molecule has 0 aliphatic heterocycles. The summed E-state index contributed by atoms with van der Waals surface area (Å²) in [6.07, 6.45) is 2.28. The van der Waals surface area contributed by atoms with Gasteiger partial charge in [0.1, 0.15) is 0 Å². The average molecular weight is 288 g/mol. The third-order valence-corrected chi connectivity index (χ3v) is 6.57. The quantitative estimate of drug-likeness (QED) is 0.840. The van der Waals surface area contributed by atoms with E-state index in [1.165, 1.54) is 20.8 Å². The van der Waals surface area contributed by atoms with Gasteiger partial charge in [-0.05, 0) is 42.7 Å². The van der Waals surface area contributed by atoms with Crippen LogP contribution in [0.1, 0.15) is 50.1 Å². The van der Waals surface area contributed by atoms with Crippen LogP contribution in [0.2, 0.25) is 0 Å². The normalized spacial score (nSPS) is 29.8. The number of hydrogen-bond donors (Lipinski definition) is 1. The van der Waals surface area contributed by atoms with Gasteiger partial charge in [-0.3, -0.25) is 0 Å². The van der Waals surface area contributed by atoms with E-state index < -0.39 is 0 Å². The van der Waals surface area contributed by atoms with Gasteiger partial charge >= 0.3 is 0 Å². The maximum absolute atomic E-state index is 6.28. The van der Waals surface area contributed by atoms with E-state index in [4.69, 9.17) is 10.7 Å². The number of nitrogens with two attached hydrogens (primary N) is 1. The predicted molar refractivity (Wildman–Crippen MR) is 87.3 cm³/mol. The lowest BCUT2D eigenvalue weighted by atomic mass is 9.61. The van der Waals surface area contributed by atoms with Gasteiger partial charge in [0, 0.05) is 12.0 Å². The first-order valence-electron chi connectivity index (χ1n) is 7.53. The van der Waals surface area contributed by atoms with E-state index >= 15 is 0 Å². The van der Waals surface area contributed by atoms with Crippen LogP contribution >= 0.6 is 11.3 Å². The second-order valence-electron chi connectivity index (χ2n) is 6.88. The van der Waals surface area contributed by atoms with Crippen molar-refractivity contribution in [3.05, 3.63) is 28.8 Å². The molecule has 3 atom stereocenters. The number of rotatable bonds is 1. The van der Waals surface area contributed by atoms with Gasteiger partial charge in [0.25, 0.3) is 0 Å². The van der Waals surface area contributed by atoms with Crippen molar-refractivity contribution in [3.8, 4) is 0 Å². The van der Waals surface area contributed by atoms with Gasteiger partial charge in [0.15, 0.2) is 0 Å². The standard InChI is InChI=1S/C17H24N2S/c1-10-6-5-7-14-15(10)19-16(20-14)12-8-9-13(18)11(2)17(12,3)4/h5-7,11-13H,8-9,18H2,1-4H3. The van der Waals surface area contributed by atoms with Crippen molar-refractivity contribution in [2.24, 2.45) is 17.1 Å². The third-order valence-electron chi connectivity index (χ3n) is 5.44. The Balaban J connectivity index is 2.04. The number of thiazole rings is 1. The molecular formula is C17H24N2S. The zero-order valence-corrected chi connectivity index (χ0v) is 13.6. The van der Waals surface area contributed by atoms with Crippen LogP contribution in [0.25, 0.3) is 10.2 Å². The molecule has 1 aromatic heterocycles. The lowest BCUT2D eigenvalue weighted by Gasteiger charge is -2.46. The van der Waals surface area contributed by atoms with Crippen LogP contribution in [0.4, 0.5) is 0 Å².